The lowest BCUT2D eigenvalue weighted by atomic mass is 10.3. The van der Waals surface area contributed by atoms with E-state index in [4.69, 9.17) is 0 Å². The van der Waals surface area contributed by atoms with Gasteiger partial charge in [0, 0.05) is 31.5 Å². The summed E-state index contributed by atoms with van der Waals surface area (Å²) in [6.07, 6.45) is 5.74. The molecule has 1 fully saturated rings. The fourth-order valence-electron chi connectivity index (χ4n) is 2.77. The predicted molar refractivity (Wildman–Crippen MR) is 98.0 cm³/mol. The van der Waals surface area contributed by atoms with E-state index in [9.17, 15) is 8.42 Å². The molecule has 0 aromatic carbocycles. The van der Waals surface area contributed by atoms with E-state index in [0.717, 1.165) is 5.56 Å². The Morgan fingerprint density at radius 2 is 2.20 bits per heavy atom. The lowest BCUT2D eigenvalue weighted by Crippen LogP contribution is -2.26. The van der Waals surface area contributed by atoms with Crippen LogP contribution in [0.25, 0.3) is 5.65 Å². The van der Waals surface area contributed by atoms with E-state index in [2.05, 4.69) is 36.3 Å². The van der Waals surface area contributed by atoms with Crippen molar-refractivity contribution in [2.75, 3.05) is 21.9 Å². The van der Waals surface area contributed by atoms with E-state index in [1.807, 2.05) is 12.1 Å². The average Bonchev–Trinajstić information content (AvgIpc) is 3.16. The number of fused-ring (bicyclic) bond motifs is 1. The van der Waals surface area contributed by atoms with Gasteiger partial charge in [0.1, 0.15) is 11.6 Å². The summed E-state index contributed by atoms with van der Waals surface area (Å²) in [5.41, 5.74) is 1.57. The number of anilines is 2. The zero-order valence-corrected chi connectivity index (χ0v) is 15.5. The third-order valence-electron chi connectivity index (χ3n) is 3.97. The first kappa shape index (κ1) is 16.3. The van der Waals surface area contributed by atoms with Crippen LogP contribution in [0.5, 0.6) is 0 Å². The molecule has 8 nitrogen and oxygen atoms in total. The Kier molecular flexibility index (Phi) is 4.08. The molecule has 0 aliphatic carbocycles. The zero-order valence-electron chi connectivity index (χ0n) is 13.1. The van der Waals surface area contributed by atoms with Crippen LogP contribution < -0.4 is 9.62 Å². The minimum Gasteiger partial charge on any atom is -0.366 e. The Bertz CT molecular complexity index is 1020. The summed E-state index contributed by atoms with van der Waals surface area (Å²) in [6, 6.07) is 5.54. The van der Waals surface area contributed by atoms with Crippen LogP contribution in [0.1, 0.15) is 12.0 Å². The topological polar surface area (TPSA) is 92.5 Å². The molecule has 0 radical (unpaired) electrons. The molecule has 130 valence electrons. The summed E-state index contributed by atoms with van der Waals surface area (Å²) in [6.45, 7) is 0.982. The van der Waals surface area contributed by atoms with Gasteiger partial charge in [-0.3, -0.25) is 9.29 Å². The Morgan fingerprint density at radius 1 is 1.32 bits per heavy atom. The highest BCUT2D eigenvalue weighted by atomic mass is 79.9. The molecular formula is C15H15BrN6O2S. The molecule has 1 aliphatic rings. The maximum absolute atomic E-state index is 12.2. The van der Waals surface area contributed by atoms with Crippen molar-refractivity contribution in [2.45, 2.75) is 13.0 Å². The van der Waals surface area contributed by atoms with E-state index in [1.165, 1.54) is 4.31 Å². The van der Waals surface area contributed by atoms with Crippen LogP contribution in [0.2, 0.25) is 0 Å². The SMILES string of the molecule is O=S1(=O)CCCN1c1cc(NCc2cccnc2)n2ncc(Br)c2n1. The van der Waals surface area contributed by atoms with Crippen molar-refractivity contribution < 1.29 is 8.42 Å². The molecule has 3 aromatic rings. The van der Waals surface area contributed by atoms with Crippen molar-refractivity contribution in [1.29, 1.82) is 0 Å². The van der Waals surface area contributed by atoms with Gasteiger partial charge in [-0.1, -0.05) is 6.07 Å². The van der Waals surface area contributed by atoms with Crippen molar-refractivity contribution in [3.05, 3.63) is 46.8 Å². The zero-order chi connectivity index (χ0) is 17.4. The maximum atomic E-state index is 12.2. The Hall–Kier alpha value is -2.20. The number of nitrogens with one attached hydrogen (secondary N) is 1. The molecule has 4 heterocycles. The highest BCUT2D eigenvalue weighted by molar-refractivity contribution is 9.10. The number of sulfonamides is 1. The van der Waals surface area contributed by atoms with Crippen LogP contribution in [0, 0.1) is 0 Å². The molecule has 1 saturated heterocycles. The van der Waals surface area contributed by atoms with E-state index in [0.29, 0.717) is 41.3 Å². The number of halogens is 1. The van der Waals surface area contributed by atoms with Crippen molar-refractivity contribution >= 4 is 43.2 Å². The van der Waals surface area contributed by atoms with E-state index < -0.39 is 10.0 Å². The number of hydrogen-bond donors (Lipinski definition) is 1. The summed E-state index contributed by atoms with van der Waals surface area (Å²) in [4.78, 5) is 8.57. The molecular weight excluding hydrogens is 408 g/mol. The fourth-order valence-corrected chi connectivity index (χ4v) is 4.62. The van der Waals surface area contributed by atoms with Crippen LogP contribution in [0.15, 0.2) is 41.3 Å². The standard InChI is InChI=1S/C15H15BrN6O2S/c16-12-10-19-22-13(18-9-11-3-1-4-17-8-11)7-14(20-15(12)22)21-5-2-6-25(21,23)24/h1,3-4,7-8,10,18H,2,5-6,9H2. The number of rotatable bonds is 4. The normalized spacial score (nSPS) is 16.4. The van der Waals surface area contributed by atoms with Crippen LogP contribution in [0.4, 0.5) is 11.6 Å². The van der Waals surface area contributed by atoms with Gasteiger partial charge in [0.2, 0.25) is 10.0 Å². The quantitative estimate of drug-likeness (QED) is 0.691. The largest absolute Gasteiger partial charge is 0.366 e. The summed E-state index contributed by atoms with van der Waals surface area (Å²) in [7, 11) is -3.30. The number of nitrogens with zero attached hydrogens (tertiary/aromatic N) is 5. The first-order chi connectivity index (χ1) is 12.0. The summed E-state index contributed by atoms with van der Waals surface area (Å²) >= 11 is 3.42. The van der Waals surface area contributed by atoms with Crippen LogP contribution >= 0.6 is 15.9 Å². The van der Waals surface area contributed by atoms with Gasteiger partial charge in [0.25, 0.3) is 0 Å². The highest BCUT2D eigenvalue weighted by Crippen LogP contribution is 2.28. The Balaban J connectivity index is 1.74. The molecule has 0 saturated carbocycles. The predicted octanol–water partition coefficient (Wildman–Crippen LogP) is 2.04. The van der Waals surface area contributed by atoms with Crippen molar-refractivity contribution in [3.63, 3.8) is 0 Å². The van der Waals surface area contributed by atoms with Gasteiger partial charge in [-0.2, -0.15) is 9.61 Å². The lowest BCUT2D eigenvalue weighted by Gasteiger charge is -2.18. The second-order valence-corrected chi connectivity index (χ2v) is 8.55. The minimum absolute atomic E-state index is 0.152. The maximum Gasteiger partial charge on any atom is 0.236 e. The molecule has 0 amide bonds. The van der Waals surface area contributed by atoms with Gasteiger partial charge in [-0.05, 0) is 34.0 Å². The molecule has 0 unspecified atom stereocenters. The second kappa shape index (κ2) is 6.26. The summed E-state index contributed by atoms with van der Waals surface area (Å²) in [5, 5.41) is 7.58. The monoisotopic (exact) mass is 422 g/mol. The highest BCUT2D eigenvalue weighted by Gasteiger charge is 2.30. The van der Waals surface area contributed by atoms with Crippen molar-refractivity contribution in [3.8, 4) is 0 Å². The van der Waals surface area contributed by atoms with Gasteiger partial charge in [-0.15, -0.1) is 0 Å². The number of pyridine rings is 1. The first-order valence-electron chi connectivity index (χ1n) is 7.72. The number of hydrogen-bond acceptors (Lipinski definition) is 6. The Morgan fingerprint density at radius 3 is 2.92 bits per heavy atom. The van der Waals surface area contributed by atoms with Crippen LogP contribution in [0.3, 0.4) is 0 Å². The van der Waals surface area contributed by atoms with Gasteiger partial charge in [0.05, 0.1) is 16.4 Å². The van der Waals surface area contributed by atoms with E-state index in [-0.39, 0.29) is 5.75 Å². The van der Waals surface area contributed by atoms with Gasteiger partial charge < -0.3 is 5.32 Å². The third-order valence-corrected chi connectivity index (χ3v) is 6.37. The third kappa shape index (κ3) is 3.07. The fraction of sp³-hybridized carbons (Fsp3) is 0.267. The van der Waals surface area contributed by atoms with Gasteiger partial charge in [-0.25, -0.2) is 13.4 Å². The van der Waals surface area contributed by atoms with Gasteiger partial charge in [0.15, 0.2) is 5.65 Å². The lowest BCUT2D eigenvalue weighted by molar-refractivity contribution is 0.599. The second-order valence-electron chi connectivity index (χ2n) is 5.68. The molecule has 4 rings (SSSR count). The van der Waals surface area contributed by atoms with E-state index in [1.54, 1.807) is 29.2 Å². The van der Waals surface area contributed by atoms with Crippen LogP contribution in [-0.4, -0.2) is 40.3 Å². The molecule has 25 heavy (non-hydrogen) atoms. The minimum atomic E-state index is -3.30. The molecule has 3 aromatic heterocycles. The average molecular weight is 423 g/mol. The van der Waals surface area contributed by atoms with E-state index >= 15 is 0 Å². The Labute approximate surface area is 153 Å². The molecule has 0 bridgehead atoms. The van der Waals surface area contributed by atoms with Gasteiger partial charge >= 0.3 is 0 Å². The molecule has 1 aliphatic heterocycles. The van der Waals surface area contributed by atoms with Crippen molar-refractivity contribution in [1.82, 2.24) is 19.6 Å². The molecule has 10 heteroatoms. The molecule has 1 N–H and O–H groups in total. The van der Waals surface area contributed by atoms with Crippen LogP contribution in [-0.2, 0) is 16.6 Å². The first-order valence-corrected chi connectivity index (χ1v) is 10.1. The molecule has 0 atom stereocenters. The summed E-state index contributed by atoms with van der Waals surface area (Å²) < 4.78 is 28.2. The summed E-state index contributed by atoms with van der Waals surface area (Å²) in [5.74, 6) is 1.22. The van der Waals surface area contributed by atoms with Crippen molar-refractivity contribution in [2.24, 2.45) is 0 Å². The number of aromatic nitrogens is 4. The smallest absolute Gasteiger partial charge is 0.236 e. The molecule has 0 spiro atoms.